The molecule has 9 heteroatoms. The lowest BCUT2D eigenvalue weighted by atomic mass is 10.3. The summed E-state index contributed by atoms with van der Waals surface area (Å²) >= 11 is 0. The Morgan fingerprint density at radius 1 is 1.18 bits per heavy atom. The molecule has 0 aliphatic carbocycles. The molecule has 1 amide bonds. The Hall–Kier alpha value is -2.68. The third-order valence-corrected chi connectivity index (χ3v) is 2.28. The Morgan fingerprint density at radius 3 is 2.45 bits per heavy atom. The smallest absolute Gasteiger partial charge is 0.313 e. The average molecular weight is 312 g/mol. The number of hydrogen-bond acceptors (Lipinski definition) is 7. The third kappa shape index (κ3) is 7.80. The molecule has 0 fully saturated rings. The molecule has 1 N–H and O–H groups in total. The van der Waals surface area contributed by atoms with Crippen molar-refractivity contribution in [3.8, 4) is 5.75 Å². The van der Waals surface area contributed by atoms with Crippen molar-refractivity contribution in [1.82, 2.24) is 0 Å². The van der Waals surface area contributed by atoms with Gasteiger partial charge in [-0.3, -0.25) is 9.59 Å². The number of hydrogen-bond donors (Lipinski definition) is 1. The Bertz CT molecular complexity index is 516. The van der Waals surface area contributed by atoms with Crippen LogP contribution in [0.1, 0.15) is 13.3 Å². The summed E-state index contributed by atoms with van der Waals surface area (Å²) in [5, 5.41) is 11.5. The average Bonchev–Trinajstić information content (AvgIpc) is 2.44. The zero-order valence-corrected chi connectivity index (χ0v) is 11.9. The molecule has 0 radical (unpaired) electrons. The summed E-state index contributed by atoms with van der Waals surface area (Å²) in [4.78, 5) is 36.2. The third-order valence-electron chi connectivity index (χ3n) is 2.28. The molecule has 120 valence electrons. The highest BCUT2D eigenvalue weighted by molar-refractivity contribution is 5.88. The van der Waals surface area contributed by atoms with Crippen LogP contribution in [0.5, 0.6) is 5.75 Å². The van der Waals surface area contributed by atoms with Gasteiger partial charge < -0.3 is 19.6 Å². The van der Waals surface area contributed by atoms with Gasteiger partial charge in [0.05, 0.1) is 19.6 Å². The van der Waals surface area contributed by atoms with E-state index >= 15 is 0 Å². The molecule has 0 unspecified atom stereocenters. The fourth-order valence-electron chi connectivity index (χ4n) is 1.42. The van der Waals surface area contributed by atoms with Crippen LogP contribution in [0, 0.1) is 10.1 Å². The second-order valence-electron chi connectivity index (χ2n) is 4.10. The van der Waals surface area contributed by atoms with Crippen LogP contribution in [0.25, 0.3) is 0 Å². The number of ether oxygens (including phenoxy) is 2. The number of nitrogens with one attached hydrogen (secondary N) is 1. The molecular formula is C13H16N2O7. The fourth-order valence-corrected chi connectivity index (χ4v) is 1.42. The monoisotopic (exact) mass is 312 g/mol. The minimum absolute atomic E-state index is 0.00586. The van der Waals surface area contributed by atoms with Gasteiger partial charge in [-0.1, -0.05) is 0 Å². The van der Waals surface area contributed by atoms with Crippen LogP contribution in [0.4, 0.5) is 5.69 Å². The number of carbonyl (C=O) groups excluding carboxylic acids is 2. The molecule has 0 spiro atoms. The summed E-state index contributed by atoms with van der Waals surface area (Å²) in [6.45, 7) is 1.29. The highest BCUT2D eigenvalue weighted by atomic mass is 17.0. The topological polar surface area (TPSA) is 117 Å². The van der Waals surface area contributed by atoms with E-state index < -0.39 is 11.1 Å². The Balaban J connectivity index is 2.21. The molecule has 0 heterocycles. The lowest BCUT2D eigenvalue weighted by Crippen LogP contribution is -2.14. The normalized spacial score (nSPS) is 9.86. The molecule has 0 saturated carbocycles. The van der Waals surface area contributed by atoms with E-state index in [1.165, 1.54) is 6.92 Å². The van der Waals surface area contributed by atoms with E-state index in [-0.39, 0.29) is 32.1 Å². The van der Waals surface area contributed by atoms with Crippen molar-refractivity contribution in [2.24, 2.45) is 0 Å². The van der Waals surface area contributed by atoms with Crippen LogP contribution in [-0.2, 0) is 19.2 Å². The van der Waals surface area contributed by atoms with Crippen LogP contribution < -0.4 is 10.1 Å². The van der Waals surface area contributed by atoms with Gasteiger partial charge in [0.1, 0.15) is 12.4 Å². The van der Waals surface area contributed by atoms with Crippen molar-refractivity contribution >= 4 is 17.6 Å². The van der Waals surface area contributed by atoms with Crippen LogP contribution >= 0.6 is 0 Å². The van der Waals surface area contributed by atoms with Gasteiger partial charge in [-0.15, -0.1) is 10.1 Å². The summed E-state index contributed by atoms with van der Waals surface area (Å²) < 4.78 is 10.0. The Kier molecular flexibility index (Phi) is 7.34. The van der Waals surface area contributed by atoms with E-state index in [1.807, 2.05) is 0 Å². The van der Waals surface area contributed by atoms with E-state index in [1.54, 1.807) is 24.3 Å². The van der Waals surface area contributed by atoms with Crippen molar-refractivity contribution in [3.05, 3.63) is 34.4 Å². The van der Waals surface area contributed by atoms with Gasteiger partial charge in [-0.2, -0.15) is 0 Å². The van der Waals surface area contributed by atoms with Gasteiger partial charge in [-0.05, 0) is 24.3 Å². The first-order valence-corrected chi connectivity index (χ1v) is 6.41. The van der Waals surface area contributed by atoms with Crippen molar-refractivity contribution in [2.45, 2.75) is 13.3 Å². The number of rotatable bonds is 9. The predicted octanol–water partition coefficient (Wildman–Crippen LogP) is 1.17. The molecular weight excluding hydrogens is 296 g/mol. The van der Waals surface area contributed by atoms with E-state index in [0.717, 1.165) is 0 Å². The molecule has 0 aromatic heterocycles. The molecule has 0 saturated heterocycles. The van der Waals surface area contributed by atoms with Gasteiger partial charge in [0.15, 0.2) is 0 Å². The van der Waals surface area contributed by atoms with E-state index in [4.69, 9.17) is 9.47 Å². The lowest BCUT2D eigenvalue weighted by molar-refractivity contribution is -0.758. The van der Waals surface area contributed by atoms with Crippen molar-refractivity contribution in [3.63, 3.8) is 0 Å². The number of anilines is 1. The predicted molar refractivity (Wildman–Crippen MR) is 74.8 cm³/mol. The first-order valence-electron chi connectivity index (χ1n) is 6.41. The molecule has 22 heavy (non-hydrogen) atoms. The maximum absolute atomic E-state index is 11.5. The van der Waals surface area contributed by atoms with Crippen LogP contribution in [-0.4, -0.2) is 36.8 Å². The number of amides is 1. The van der Waals surface area contributed by atoms with Crippen LogP contribution in [0.2, 0.25) is 0 Å². The number of carbonyl (C=O) groups is 2. The zero-order valence-electron chi connectivity index (χ0n) is 11.9. The zero-order chi connectivity index (χ0) is 16.4. The Labute approximate surface area is 126 Å². The summed E-state index contributed by atoms with van der Waals surface area (Å²) in [6.07, 6.45) is 0.00586. The maximum Gasteiger partial charge on any atom is 0.313 e. The fraction of sp³-hybridized carbons (Fsp3) is 0.385. The number of nitrogens with zero attached hydrogens (tertiary/aromatic N) is 1. The van der Waals surface area contributed by atoms with Crippen molar-refractivity contribution in [2.75, 3.05) is 25.1 Å². The number of benzene rings is 1. The molecule has 0 aliphatic rings. The molecule has 1 aromatic rings. The highest BCUT2D eigenvalue weighted by Gasteiger charge is 2.05. The molecule has 0 bridgehead atoms. The summed E-state index contributed by atoms with van der Waals surface area (Å²) in [5.41, 5.74) is 0.599. The second-order valence-corrected chi connectivity index (χ2v) is 4.10. The Morgan fingerprint density at radius 2 is 1.86 bits per heavy atom. The van der Waals surface area contributed by atoms with E-state index in [0.29, 0.717) is 11.4 Å². The minimum Gasteiger partial charge on any atom is -0.426 e. The quantitative estimate of drug-likeness (QED) is 0.239. The van der Waals surface area contributed by atoms with Crippen molar-refractivity contribution < 1.29 is 29.0 Å². The molecule has 9 nitrogen and oxygen atoms in total. The van der Waals surface area contributed by atoms with Gasteiger partial charge >= 0.3 is 5.97 Å². The summed E-state index contributed by atoms with van der Waals surface area (Å²) in [5.74, 6) is -0.346. The van der Waals surface area contributed by atoms with Gasteiger partial charge in [0.25, 0.3) is 5.09 Å². The van der Waals surface area contributed by atoms with E-state index in [2.05, 4.69) is 10.2 Å². The van der Waals surface area contributed by atoms with Gasteiger partial charge in [0, 0.05) is 12.6 Å². The maximum atomic E-state index is 11.5. The molecule has 0 aliphatic heterocycles. The standard InChI is InChI=1S/C13H16N2O7/c1-10(16)14-11-2-4-12(5-3-11)22-13(17)6-7-20-8-9-21-15(18)19/h2-5H,6-9H2,1H3,(H,14,16). The number of esters is 1. The molecule has 1 rings (SSSR count). The lowest BCUT2D eigenvalue weighted by Gasteiger charge is -2.06. The summed E-state index contributed by atoms with van der Waals surface area (Å²) in [7, 11) is 0. The molecule has 1 aromatic carbocycles. The first kappa shape index (κ1) is 17.4. The highest BCUT2D eigenvalue weighted by Crippen LogP contribution is 2.16. The van der Waals surface area contributed by atoms with Crippen molar-refractivity contribution in [1.29, 1.82) is 0 Å². The SMILES string of the molecule is CC(=O)Nc1ccc(OC(=O)CCOCCO[N+](=O)[O-])cc1. The minimum atomic E-state index is -0.914. The van der Waals surface area contributed by atoms with Crippen LogP contribution in [0.15, 0.2) is 24.3 Å². The summed E-state index contributed by atoms with van der Waals surface area (Å²) in [6, 6.07) is 6.31. The second kappa shape index (κ2) is 9.29. The largest absolute Gasteiger partial charge is 0.426 e. The first-order chi connectivity index (χ1) is 10.5. The van der Waals surface area contributed by atoms with E-state index in [9.17, 15) is 19.7 Å². The van der Waals surface area contributed by atoms with Gasteiger partial charge in [-0.25, -0.2) is 0 Å². The van der Waals surface area contributed by atoms with Crippen LogP contribution in [0.3, 0.4) is 0 Å². The van der Waals surface area contributed by atoms with Gasteiger partial charge in [0.2, 0.25) is 5.91 Å². The molecule has 0 atom stereocenters.